The number of rotatable bonds is 16. The van der Waals surface area contributed by atoms with Crippen molar-refractivity contribution < 1.29 is 8.83 Å². The molecule has 654 valence electrons. The first kappa shape index (κ1) is 82.2. The summed E-state index contributed by atoms with van der Waals surface area (Å²) >= 11 is 0. The Kier molecular flexibility index (Phi) is 20.6. The van der Waals surface area contributed by atoms with Crippen molar-refractivity contribution in [1.82, 2.24) is 0 Å². The van der Waals surface area contributed by atoms with Crippen LogP contribution in [0.1, 0.15) is 0 Å². The summed E-state index contributed by atoms with van der Waals surface area (Å²) in [7, 11) is 0. The minimum atomic E-state index is 0.904. The second-order valence-electron chi connectivity index (χ2n) is 36.4. The van der Waals surface area contributed by atoms with Gasteiger partial charge in [-0.05, 0) is 249 Å². The molecule has 4 heteroatoms. The summed E-state index contributed by atoms with van der Waals surface area (Å²) in [6.07, 6.45) is 0. The molecule has 140 heavy (non-hydrogen) atoms. The summed E-state index contributed by atoms with van der Waals surface area (Å²) in [6.45, 7) is 0. The predicted octanol–water partition coefficient (Wildman–Crippen LogP) is 38.9. The summed E-state index contributed by atoms with van der Waals surface area (Å²) in [6, 6.07) is 193. The molecular weight excluding hydrogens is 1690 g/mol. The van der Waals surface area contributed by atoms with Gasteiger partial charge in [0.25, 0.3) is 0 Å². The smallest absolute Gasteiger partial charge is 0.143 e. The third-order valence-electron chi connectivity index (χ3n) is 28.4. The fraction of sp³-hybridized carbons (Fsp3) is 0. The summed E-state index contributed by atoms with van der Waals surface area (Å²) < 4.78 is 13.7. The lowest BCUT2D eigenvalue weighted by molar-refractivity contribution is 0.670. The van der Waals surface area contributed by atoms with E-state index in [1.54, 1.807) is 0 Å². The molecule has 0 saturated carbocycles. The SMILES string of the molecule is c1ccc(-c2ccc(N(c3ccc(-c4ccc(-c5cccc(-c6cccc7c6oc6c(-c8cccc9ccccc89)cccc67)c5)cc4)cc3)c3ccc4c5ccccc5c5ccccc5c4c3)cc2)cc1.c1ccc(-c2ccc(N(c3ccc(-c4ccc(-c5cccc(-c6cccc7c6oc6c(-c8ccccc8)cccc67)c5)cc4)cc3)c3ccc4c5ccccc5c5ccccc5c4c3)cc2)cc1. The monoisotopic (exact) mass is 1780 g/mol. The van der Waals surface area contributed by atoms with E-state index in [-0.39, 0.29) is 0 Å². The highest BCUT2D eigenvalue weighted by atomic mass is 16.3. The Bertz CT molecular complexity index is 9360. The van der Waals surface area contributed by atoms with Gasteiger partial charge in [-0.15, -0.1) is 0 Å². The van der Waals surface area contributed by atoms with Gasteiger partial charge in [0, 0.05) is 77.9 Å². The van der Waals surface area contributed by atoms with Crippen molar-refractivity contribution in [3.05, 3.63) is 534 Å². The zero-order valence-electron chi connectivity index (χ0n) is 76.5. The molecule has 0 fully saturated rings. The van der Waals surface area contributed by atoms with Crippen molar-refractivity contribution in [2.75, 3.05) is 9.80 Å². The minimum absolute atomic E-state index is 0.904. The third kappa shape index (κ3) is 14.8. The highest BCUT2D eigenvalue weighted by Crippen LogP contribution is 2.49. The highest BCUT2D eigenvalue weighted by molar-refractivity contribution is 6.28. The van der Waals surface area contributed by atoms with Crippen LogP contribution in [0.5, 0.6) is 0 Å². The maximum absolute atomic E-state index is 6.92. The van der Waals surface area contributed by atoms with Gasteiger partial charge in [-0.25, -0.2) is 0 Å². The second kappa shape index (κ2) is 35.1. The average molecular weight is 1780 g/mol. The molecule has 0 unspecified atom stereocenters. The molecule has 0 aliphatic carbocycles. The van der Waals surface area contributed by atoms with Crippen molar-refractivity contribution >= 4 is 153 Å². The van der Waals surface area contributed by atoms with Crippen LogP contribution in [0.2, 0.25) is 0 Å². The Morgan fingerprint density at radius 1 is 0.107 bits per heavy atom. The summed E-state index contributed by atoms with van der Waals surface area (Å²) in [4.78, 5) is 4.76. The number of hydrogen-bond donors (Lipinski definition) is 0. The van der Waals surface area contributed by atoms with Crippen molar-refractivity contribution in [3.8, 4) is 111 Å². The van der Waals surface area contributed by atoms with Crippen molar-refractivity contribution in [3.63, 3.8) is 0 Å². The fourth-order valence-electron chi connectivity index (χ4n) is 21.5. The van der Waals surface area contributed by atoms with Gasteiger partial charge in [-0.3, -0.25) is 0 Å². The molecule has 0 bridgehead atoms. The van der Waals surface area contributed by atoms with Crippen LogP contribution in [0.15, 0.2) is 543 Å². The van der Waals surface area contributed by atoms with E-state index in [0.717, 1.165) is 150 Å². The van der Waals surface area contributed by atoms with Crippen molar-refractivity contribution in [2.45, 2.75) is 0 Å². The Labute approximate surface area is 811 Å². The summed E-state index contributed by atoms with van der Waals surface area (Å²) in [5.74, 6) is 0. The van der Waals surface area contributed by atoms with Crippen LogP contribution in [0, 0.1) is 0 Å². The largest absolute Gasteiger partial charge is 0.455 e. The minimum Gasteiger partial charge on any atom is -0.455 e. The quantitative estimate of drug-likeness (QED) is 0.0903. The lowest BCUT2D eigenvalue weighted by Crippen LogP contribution is -2.10. The molecule has 0 saturated heterocycles. The number of benzene rings is 25. The predicted molar refractivity (Wildman–Crippen MR) is 594 cm³/mol. The number of hydrogen-bond acceptors (Lipinski definition) is 4. The number of fused-ring (bicyclic) bond motifs is 19. The van der Waals surface area contributed by atoms with Crippen LogP contribution in [-0.4, -0.2) is 0 Å². The number of para-hydroxylation sites is 4. The molecule has 0 radical (unpaired) electrons. The number of nitrogens with zero attached hydrogens (tertiary/aromatic N) is 2. The number of furan rings is 2. The van der Waals surface area contributed by atoms with Crippen LogP contribution in [0.3, 0.4) is 0 Å². The average Bonchev–Trinajstić information content (AvgIpc) is 0.825. The molecule has 0 spiro atoms. The maximum Gasteiger partial charge on any atom is 0.143 e. The van der Waals surface area contributed by atoms with Crippen LogP contribution in [0.25, 0.3) is 231 Å². The normalized spacial score (nSPS) is 11.6. The van der Waals surface area contributed by atoms with E-state index >= 15 is 0 Å². The molecule has 0 N–H and O–H groups in total. The molecule has 2 aromatic heterocycles. The van der Waals surface area contributed by atoms with E-state index < -0.39 is 0 Å². The van der Waals surface area contributed by atoms with Crippen LogP contribution in [-0.2, 0) is 0 Å². The van der Waals surface area contributed by atoms with E-state index in [9.17, 15) is 0 Å². The van der Waals surface area contributed by atoms with E-state index in [2.05, 4.69) is 544 Å². The van der Waals surface area contributed by atoms with Gasteiger partial charge in [0.2, 0.25) is 0 Å². The van der Waals surface area contributed by atoms with E-state index in [4.69, 9.17) is 8.83 Å². The molecule has 27 aromatic rings. The van der Waals surface area contributed by atoms with Crippen LogP contribution < -0.4 is 9.80 Å². The number of anilines is 6. The topological polar surface area (TPSA) is 32.8 Å². The highest BCUT2D eigenvalue weighted by Gasteiger charge is 2.24. The molecule has 2 heterocycles. The van der Waals surface area contributed by atoms with Gasteiger partial charge in [0.15, 0.2) is 0 Å². The molecule has 27 rings (SSSR count). The fourth-order valence-corrected chi connectivity index (χ4v) is 21.5. The van der Waals surface area contributed by atoms with Gasteiger partial charge in [-0.1, -0.05) is 449 Å². The lowest BCUT2D eigenvalue weighted by atomic mass is 9.94. The molecule has 4 nitrogen and oxygen atoms in total. The first-order valence-electron chi connectivity index (χ1n) is 48.0. The van der Waals surface area contributed by atoms with Gasteiger partial charge in [-0.2, -0.15) is 0 Å². The van der Waals surface area contributed by atoms with Crippen LogP contribution in [0.4, 0.5) is 34.1 Å². The van der Waals surface area contributed by atoms with E-state index in [1.807, 2.05) is 0 Å². The summed E-state index contributed by atoms with van der Waals surface area (Å²) in [5, 5.41) is 22.1. The molecule has 0 aliphatic rings. The Balaban J connectivity index is 0.000000144. The van der Waals surface area contributed by atoms with E-state index in [1.165, 1.54) is 114 Å². The Morgan fingerprint density at radius 2 is 0.314 bits per heavy atom. The van der Waals surface area contributed by atoms with E-state index in [0.29, 0.717) is 0 Å². The standard InChI is InChI=1S/C70H45NO.C66H43NO/c1-2-14-46(15-3-1)48-34-38-54(39-35-48)71(56-42-43-64-62-23-7-6-21-60(62)61-22-8-9-24-63(61)68(64)45-56)55-40-36-49(37-41-55)47-30-32-50(33-31-47)52-18-10-19-53(44-52)58-25-12-28-66-67-29-13-27-65(70(67)72-69(58)66)59-26-11-17-51-16-4-5-20-57(51)59;1-3-14-44(15-4-1)46-32-36-52(37-33-46)67(54-40-41-61-59-22-8-7-20-57(59)58-21-9-10-23-60(58)64(61)43-54)53-38-34-47(35-39-53)45-28-30-48(31-29-45)50-18-11-19-51(42-50)56-25-13-27-63-62-26-12-24-55(65(62)68-66(56)63)49-16-5-2-6-17-49/h1-45H;1-43H. The summed E-state index contributed by atoms with van der Waals surface area (Å²) in [5.41, 5.74) is 33.3. The zero-order chi connectivity index (χ0) is 92.5. The maximum atomic E-state index is 6.92. The lowest BCUT2D eigenvalue weighted by Gasteiger charge is -2.26. The molecule has 0 atom stereocenters. The van der Waals surface area contributed by atoms with Gasteiger partial charge < -0.3 is 18.6 Å². The molecule has 0 amide bonds. The Morgan fingerprint density at radius 3 is 0.664 bits per heavy atom. The molecule has 0 aliphatic heterocycles. The first-order valence-corrected chi connectivity index (χ1v) is 48.0. The zero-order valence-corrected chi connectivity index (χ0v) is 76.5. The second-order valence-corrected chi connectivity index (χ2v) is 36.4. The first-order chi connectivity index (χ1) is 69.4. The molecule has 25 aromatic carbocycles. The van der Waals surface area contributed by atoms with Crippen molar-refractivity contribution in [1.29, 1.82) is 0 Å². The van der Waals surface area contributed by atoms with Gasteiger partial charge in [0.1, 0.15) is 22.3 Å². The van der Waals surface area contributed by atoms with Crippen molar-refractivity contribution in [2.24, 2.45) is 0 Å². The van der Waals surface area contributed by atoms with Gasteiger partial charge in [0.05, 0.1) is 0 Å². The Hall–Kier alpha value is -18.5. The molecular formula is C136H88N2O2. The third-order valence-corrected chi connectivity index (χ3v) is 28.4. The van der Waals surface area contributed by atoms with Crippen LogP contribution >= 0.6 is 0 Å². The van der Waals surface area contributed by atoms with Gasteiger partial charge >= 0.3 is 0 Å².